The number of hydrogen-bond donors (Lipinski definition) is 0. The number of thioether (sulfide) groups is 1. The molecule has 0 nitrogen and oxygen atoms in total. The molecular weight excluding hydrogens is 236 g/mol. The van der Waals surface area contributed by atoms with Crippen molar-refractivity contribution in [2.45, 2.75) is 63.9 Å². The van der Waals surface area contributed by atoms with Gasteiger partial charge in [0.2, 0.25) is 0 Å². The number of hydrogen-bond acceptors (Lipinski definition) is 1. The topological polar surface area (TPSA) is 0 Å². The van der Waals surface area contributed by atoms with Gasteiger partial charge in [-0.1, -0.05) is 58.1 Å². The van der Waals surface area contributed by atoms with Crippen LogP contribution in [0.1, 0.15) is 53.9 Å². The van der Waals surface area contributed by atoms with E-state index in [4.69, 9.17) is 0 Å². The first-order valence-electron chi connectivity index (χ1n) is 6.83. The Morgan fingerprint density at radius 1 is 1.28 bits per heavy atom. The lowest BCUT2D eigenvalue weighted by atomic mass is 9.83. The molecule has 18 heavy (non-hydrogen) atoms. The highest BCUT2D eigenvalue weighted by Crippen LogP contribution is 2.41. The number of allylic oxidation sites excluding steroid dienone is 3. The van der Waals surface area contributed by atoms with E-state index < -0.39 is 0 Å². The Morgan fingerprint density at radius 2 is 1.83 bits per heavy atom. The highest BCUT2D eigenvalue weighted by molar-refractivity contribution is 8.01. The van der Waals surface area contributed by atoms with Gasteiger partial charge < -0.3 is 0 Å². The fraction of sp³-hybridized carbons (Fsp3) is 0.647. The van der Waals surface area contributed by atoms with E-state index in [1.54, 1.807) is 0 Å². The van der Waals surface area contributed by atoms with Gasteiger partial charge in [0.25, 0.3) is 0 Å². The lowest BCUT2D eigenvalue weighted by molar-refractivity contribution is 0.395. The van der Waals surface area contributed by atoms with Gasteiger partial charge >= 0.3 is 0 Å². The average Bonchev–Trinajstić information content (AvgIpc) is 2.21. The Labute approximate surface area is 119 Å². The minimum absolute atomic E-state index is 0.273. The highest BCUT2D eigenvalue weighted by atomic mass is 32.2. The predicted molar refractivity (Wildman–Crippen MR) is 88.3 cm³/mol. The monoisotopic (exact) mass is 266 g/mol. The Bertz CT molecular complexity index is 297. The van der Waals surface area contributed by atoms with Crippen molar-refractivity contribution in [3.8, 4) is 0 Å². The van der Waals surface area contributed by atoms with E-state index >= 15 is 0 Å². The molecule has 0 aromatic rings. The molecule has 0 amide bonds. The third-order valence-corrected chi connectivity index (χ3v) is 4.75. The van der Waals surface area contributed by atoms with Crippen LogP contribution in [0.5, 0.6) is 0 Å². The molecule has 0 bridgehead atoms. The zero-order valence-electron chi connectivity index (χ0n) is 12.9. The molecule has 1 atom stereocenters. The van der Waals surface area contributed by atoms with Gasteiger partial charge in [-0.2, -0.15) is 11.8 Å². The summed E-state index contributed by atoms with van der Waals surface area (Å²) in [7, 11) is 0. The first-order chi connectivity index (χ1) is 8.20. The predicted octanol–water partition coefficient (Wildman–Crippen LogP) is 6.01. The van der Waals surface area contributed by atoms with Crippen molar-refractivity contribution < 1.29 is 0 Å². The summed E-state index contributed by atoms with van der Waals surface area (Å²) in [6.07, 6.45) is 5.33. The van der Waals surface area contributed by atoms with Crippen LogP contribution in [-0.4, -0.2) is 10.00 Å². The van der Waals surface area contributed by atoms with E-state index in [0.717, 1.165) is 18.4 Å². The molecular formula is C17H30S. The smallest absolute Gasteiger partial charge is 0.0137 e. The van der Waals surface area contributed by atoms with Gasteiger partial charge in [0.1, 0.15) is 0 Å². The molecule has 0 aliphatic heterocycles. The third-order valence-electron chi connectivity index (χ3n) is 3.34. The first kappa shape index (κ1) is 17.6. The zero-order valence-corrected chi connectivity index (χ0v) is 13.7. The minimum Gasteiger partial charge on any atom is -0.153 e. The van der Waals surface area contributed by atoms with Crippen LogP contribution in [0.2, 0.25) is 0 Å². The van der Waals surface area contributed by atoms with Gasteiger partial charge in [0.05, 0.1) is 0 Å². The van der Waals surface area contributed by atoms with E-state index in [9.17, 15) is 0 Å². The Balaban J connectivity index is 4.79. The van der Waals surface area contributed by atoms with Gasteiger partial charge in [-0.3, -0.25) is 0 Å². The molecule has 0 heterocycles. The fourth-order valence-corrected chi connectivity index (χ4v) is 3.80. The second-order valence-corrected chi connectivity index (χ2v) is 8.15. The van der Waals surface area contributed by atoms with Crippen molar-refractivity contribution in [1.82, 2.24) is 0 Å². The van der Waals surface area contributed by atoms with Crippen molar-refractivity contribution in [3.05, 3.63) is 37.0 Å². The molecule has 0 fully saturated rings. The summed E-state index contributed by atoms with van der Waals surface area (Å²) < 4.78 is 0.273. The summed E-state index contributed by atoms with van der Waals surface area (Å²) in [5.41, 5.74) is 2.31. The Kier molecular flexibility index (Phi) is 7.70. The van der Waals surface area contributed by atoms with Gasteiger partial charge in [0, 0.05) is 4.75 Å². The van der Waals surface area contributed by atoms with Crippen molar-refractivity contribution in [3.63, 3.8) is 0 Å². The molecule has 0 saturated heterocycles. The van der Waals surface area contributed by atoms with Crippen LogP contribution in [0.3, 0.4) is 0 Å². The molecule has 0 saturated carbocycles. The molecule has 0 aromatic heterocycles. The second-order valence-electron chi connectivity index (χ2n) is 5.92. The molecule has 0 radical (unpaired) electrons. The molecule has 0 aliphatic carbocycles. The SMILES string of the molecule is C=CCCC(CC(=C)C(=C)C)C(C)(C)SC(C)C. The van der Waals surface area contributed by atoms with Crippen LogP contribution in [-0.2, 0) is 0 Å². The Morgan fingerprint density at radius 3 is 2.22 bits per heavy atom. The van der Waals surface area contributed by atoms with E-state index in [0.29, 0.717) is 11.2 Å². The summed E-state index contributed by atoms with van der Waals surface area (Å²) in [6.45, 7) is 23.3. The third kappa shape index (κ3) is 6.49. The molecule has 0 aromatic carbocycles. The Hall–Kier alpha value is -0.430. The van der Waals surface area contributed by atoms with Gasteiger partial charge in [-0.25, -0.2) is 0 Å². The minimum atomic E-state index is 0.273. The van der Waals surface area contributed by atoms with Crippen molar-refractivity contribution in [2.75, 3.05) is 0 Å². The standard InChI is InChI=1S/C17H30S/c1-9-10-11-16(12-15(6)13(2)3)17(7,8)18-14(4)5/h9,14,16H,1-2,6,10-12H2,3-5,7-8H3. The van der Waals surface area contributed by atoms with Crippen LogP contribution >= 0.6 is 11.8 Å². The molecule has 0 N–H and O–H groups in total. The number of rotatable bonds is 9. The summed E-state index contributed by atoms with van der Waals surface area (Å²) in [5, 5.41) is 0.657. The van der Waals surface area contributed by atoms with Crippen LogP contribution in [0.25, 0.3) is 0 Å². The fourth-order valence-electron chi connectivity index (χ4n) is 2.19. The van der Waals surface area contributed by atoms with Crippen molar-refractivity contribution in [2.24, 2.45) is 5.92 Å². The lowest BCUT2D eigenvalue weighted by Crippen LogP contribution is -2.29. The molecule has 1 heteroatoms. The molecule has 0 aliphatic rings. The van der Waals surface area contributed by atoms with Gasteiger partial charge in [-0.15, -0.1) is 6.58 Å². The van der Waals surface area contributed by atoms with E-state index in [1.165, 1.54) is 12.0 Å². The highest BCUT2D eigenvalue weighted by Gasteiger charge is 2.30. The zero-order chi connectivity index (χ0) is 14.3. The average molecular weight is 266 g/mol. The molecule has 0 rings (SSSR count). The van der Waals surface area contributed by atoms with E-state index in [-0.39, 0.29) is 4.75 Å². The van der Waals surface area contributed by atoms with Crippen molar-refractivity contribution >= 4 is 11.8 Å². The van der Waals surface area contributed by atoms with E-state index in [2.05, 4.69) is 66.1 Å². The van der Waals surface area contributed by atoms with Crippen LogP contribution < -0.4 is 0 Å². The van der Waals surface area contributed by atoms with Crippen LogP contribution in [0.15, 0.2) is 37.0 Å². The normalized spacial score (nSPS) is 13.4. The van der Waals surface area contributed by atoms with Crippen molar-refractivity contribution in [1.29, 1.82) is 0 Å². The quantitative estimate of drug-likeness (QED) is 0.364. The maximum absolute atomic E-state index is 4.16. The maximum atomic E-state index is 4.16. The van der Waals surface area contributed by atoms with Crippen LogP contribution in [0, 0.1) is 5.92 Å². The van der Waals surface area contributed by atoms with Gasteiger partial charge in [0.15, 0.2) is 0 Å². The molecule has 1 unspecified atom stereocenters. The first-order valence-corrected chi connectivity index (χ1v) is 7.71. The molecule has 104 valence electrons. The summed E-state index contributed by atoms with van der Waals surface area (Å²) >= 11 is 2.06. The summed E-state index contributed by atoms with van der Waals surface area (Å²) in [6, 6.07) is 0. The molecule has 0 spiro atoms. The summed E-state index contributed by atoms with van der Waals surface area (Å²) in [5.74, 6) is 0.632. The summed E-state index contributed by atoms with van der Waals surface area (Å²) in [4.78, 5) is 0. The lowest BCUT2D eigenvalue weighted by Gasteiger charge is -2.36. The second kappa shape index (κ2) is 7.89. The maximum Gasteiger partial charge on any atom is 0.0137 e. The van der Waals surface area contributed by atoms with Gasteiger partial charge in [-0.05, 0) is 37.4 Å². The van der Waals surface area contributed by atoms with E-state index in [1.807, 2.05) is 6.08 Å². The largest absolute Gasteiger partial charge is 0.153 e. The van der Waals surface area contributed by atoms with Crippen LogP contribution in [0.4, 0.5) is 0 Å².